The Balaban J connectivity index is 1.32. The lowest BCUT2D eigenvalue weighted by molar-refractivity contribution is 0.0235. The van der Waals surface area contributed by atoms with E-state index in [1.54, 1.807) is 53.6 Å². The molecule has 2 heterocycles. The maximum absolute atomic E-state index is 13.3. The number of carbonyl (C=O) groups is 2. The molecule has 0 radical (unpaired) electrons. The first-order chi connectivity index (χ1) is 21.6. The van der Waals surface area contributed by atoms with Gasteiger partial charge < -0.3 is 24.1 Å². The number of para-hydroxylation sites is 1. The van der Waals surface area contributed by atoms with Gasteiger partial charge in [0.1, 0.15) is 29.4 Å². The first kappa shape index (κ1) is 31.0. The Labute approximate surface area is 261 Å². The monoisotopic (exact) mass is 605 g/mol. The normalized spacial score (nSPS) is 11.2. The Kier molecular flexibility index (Phi) is 9.57. The van der Waals surface area contributed by atoms with E-state index in [9.17, 15) is 14.4 Å². The molecular weight excluding hydrogens is 570 g/mol. The highest BCUT2D eigenvalue weighted by molar-refractivity contribution is 5.89. The topological polar surface area (TPSA) is 111 Å². The van der Waals surface area contributed by atoms with Crippen LogP contribution in [0.5, 0.6) is 11.5 Å². The molecule has 0 bridgehead atoms. The molecule has 0 saturated carbocycles. The lowest BCUT2D eigenvalue weighted by Crippen LogP contribution is -2.37. The highest BCUT2D eigenvalue weighted by Crippen LogP contribution is 2.28. The van der Waals surface area contributed by atoms with Gasteiger partial charge in [-0.2, -0.15) is 0 Å². The Morgan fingerprint density at radius 3 is 2.27 bits per heavy atom. The minimum atomic E-state index is -0.692. The third-order valence-electron chi connectivity index (χ3n) is 6.85. The molecule has 5 aromatic rings. The standard InChI is InChI=1S/C36H35N3O6/c1-36(2,3)45-35(42)39(23-26-14-17-30(37-22-26)34(41)44-28-12-8-5-9-13-28)21-20-27-15-18-31(33-29(27)16-19-32(40)38-33)43-24-25-10-6-4-7-11-25/h4-19,22H,20-21,23-24H2,1-3H3,(H,38,40). The number of hydrogen-bond acceptors (Lipinski definition) is 7. The van der Waals surface area contributed by atoms with Gasteiger partial charge in [-0.25, -0.2) is 14.6 Å². The number of pyridine rings is 2. The smallest absolute Gasteiger partial charge is 0.410 e. The molecular formula is C36H35N3O6. The van der Waals surface area contributed by atoms with Crippen molar-refractivity contribution >= 4 is 23.0 Å². The van der Waals surface area contributed by atoms with Crippen molar-refractivity contribution in [2.45, 2.75) is 45.9 Å². The molecule has 230 valence electrons. The van der Waals surface area contributed by atoms with Crippen LogP contribution in [-0.4, -0.2) is 39.1 Å². The van der Waals surface area contributed by atoms with Gasteiger partial charge >= 0.3 is 12.1 Å². The fraction of sp³-hybridized carbons (Fsp3) is 0.222. The van der Waals surface area contributed by atoms with E-state index in [2.05, 4.69) is 9.97 Å². The molecule has 0 atom stereocenters. The van der Waals surface area contributed by atoms with Gasteiger partial charge in [-0.05, 0) is 74.2 Å². The molecule has 9 nitrogen and oxygen atoms in total. The molecule has 0 unspecified atom stereocenters. The summed E-state index contributed by atoms with van der Waals surface area (Å²) in [5.41, 5.74) is 2.49. The number of H-pyrrole nitrogens is 1. The molecule has 2 aromatic heterocycles. The van der Waals surface area contributed by atoms with Crippen LogP contribution in [0.15, 0.2) is 108 Å². The Morgan fingerprint density at radius 2 is 1.58 bits per heavy atom. The van der Waals surface area contributed by atoms with E-state index in [0.29, 0.717) is 36.6 Å². The van der Waals surface area contributed by atoms with Crippen molar-refractivity contribution in [3.63, 3.8) is 0 Å². The molecule has 3 aromatic carbocycles. The van der Waals surface area contributed by atoms with Gasteiger partial charge in [0.2, 0.25) is 5.56 Å². The van der Waals surface area contributed by atoms with Crippen molar-refractivity contribution < 1.29 is 23.8 Å². The Hall–Kier alpha value is -5.44. The number of fused-ring (bicyclic) bond motifs is 1. The molecule has 45 heavy (non-hydrogen) atoms. The van der Waals surface area contributed by atoms with E-state index in [0.717, 1.165) is 22.1 Å². The summed E-state index contributed by atoms with van der Waals surface area (Å²) in [4.78, 5) is 46.9. The number of aromatic nitrogens is 2. The Morgan fingerprint density at radius 1 is 0.844 bits per heavy atom. The third-order valence-corrected chi connectivity index (χ3v) is 6.85. The van der Waals surface area contributed by atoms with Gasteiger partial charge in [0.15, 0.2) is 0 Å². The van der Waals surface area contributed by atoms with Crippen molar-refractivity contribution in [1.82, 2.24) is 14.9 Å². The van der Waals surface area contributed by atoms with Crippen LogP contribution >= 0.6 is 0 Å². The summed E-state index contributed by atoms with van der Waals surface area (Å²) in [6, 6.07) is 28.9. The van der Waals surface area contributed by atoms with Crippen LogP contribution in [0.2, 0.25) is 0 Å². The highest BCUT2D eigenvalue weighted by atomic mass is 16.6. The van der Waals surface area contributed by atoms with Crippen LogP contribution < -0.4 is 15.0 Å². The first-order valence-electron chi connectivity index (χ1n) is 14.7. The summed E-state index contributed by atoms with van der Waals surface area (Å²) in [6.45, 7) is 6.34. The fourth-order valence-electron chi connectivity index (χ4n) is 4.68. The second-order valence-electron chi connectivity index (χ2n) is 11.5. The van der Waals surface area contributed by atoms with E-state index < -0.39 is 17.7 Å². The number of carbonyl (C=O) groups excluding carboxylic acids is 2. The average Bonchev–Trinajstić information content (AvgIpc) is 3.02. The average molecular weight is 606 g/mol. The minimum Gasteiger partial charge on any atom is -0.487 e. The number of rotatable bonds is 10. The zero-order chi connectivity index (χ0) is 31.8. The van der Waals surface area contributed by atoms with Crippen molar-refractivity contribution in [1.29, 1.82) is 0 Å². The van der Waals surface area contributed by atoms with E-state index >= 15 is 0 Å². The maximum atomic E-state index is 13.3. The van der Waals surface area contributed by atoms with Crippen molar-refractivity contribution in [2.75, 3.05) is 6.54 Å². The molecule has 9 heteroatoms. The molecule has 0 fully saturated rings. The molecule has 1 N–H and O–H groups in total. The summed E-state index contributed by atoms with van der Waals surface area (Å²) in [5, 5.41) is 0.826. The van der Waals surface area contributed by atoms with Crippen molar-refractivity contribution in [3.05, 3.63) is 136 Å². The van der Waals surface area contributed by atoms with Gasteiger partial charge in [-0.1, -0.05) is 60.7 Å². The van der Waals surface area contributed by atoms with Crippen LogP contribution in [0.25, 0.3) is 10.9 Å². The molecule has 1 amide bonds. The molecule has 0 aliphatic rings. The number of hydrogen-bond donors (Lipinski definition) is 1. The highest BCUT2D eigenvalue weighted by Gasteiger charge is 2.23. The molecule has 0 spiro atoms. The molecule has 0 aliphatic carbocycles. The maximum Gasteiger partial charge on any atom is 0.410 e. The SMILES string of the molecule is CC(C)(C)OC(=O)N(CCc1ccc(OCc2ccccc2)c2[nH]c(=O)ccc12)Cc1ccc(C(=O)Oc2ccccc2)nc1. The summed E-state index contributed by atoms with van der Waals surface area (Å²) < 4.78 is 17.2. The number of esters is 1. The first-order valence-corrected chi connectivity index (χ1v) is 14.7. The van der Waals surface area contributed by atoms with Crippen LogP contribution in [0.1, 0.15) is 48.0 Å². The molecule has 5 rings (SSSR count). The Bertz CT molecular complexity index is 1810. The van der Waals surface area contributed by atoms with Crippen LogP contribution in [0, 0.1) is 0 Å². The van der Waals surface area contributed by atoms with Gasteiger partial charge in [0.25, 0.3) is 0 Å². The van der Waals surface area contributed by atoms with E-state index in [-0.39, 0.29) is 17.8 Å². The van der Waals surface area contributed by atoms with Gasteiger partial charge in [-0.3, -0.25) is 4.79 Å². The van der Waals surface area contributed by atoms with Crippen LogP contribution in [0.3, 0.4) is 0 Å². The second kappa shape index (κ2) is 13.9. The summed E-state index contributed by atoms with van der Waals surface area (Å²) >= 11 is 0. The van der Waals surface area contributed by atoms with Gasteiger partial charge in [0, 0.05) is 24.2 Å². The van der Waals surface area contributed by atoms with Crippen molar-refractivity contribution in [2.24, 2.45) is 0 Å². The van der Waals surface area contributed by atoms with Crippen LogP contribution in [-0.2, 0) is 24.3 Å². The van der Waals surface area contributed by atoms with Crippen LogP contribution in [0.4, 0.5) is 4.79 Å². The predicted octanol–water partition coefficient (Wildman–Crippen LogP) is 6.70. The molecule has 0 saturated heterocycles. The lowest BCUT2D eigenvalue weighted by Gasteiger charge is -2.27. The zero-order valence-electron chi connectivity index (χ0n) is 25.5. The minimum absolute atomic E-state index is 0.154. The largest absolute Gasteiger partial charge is 0.487 e. The summed E-state index contributed by atoms with van der Waals surface area (Å²) in [6.07, 6.45) is 1.56. The number of benzene rings is 3. The predicted molar refractivity (Wildman–Crippen MR) is 171 cm³/mol. The third kappa shape index (κ3) is 8.57. The number of nitrogens with zero attached hydrogens (tertiary/aromatic N) is 2. The van der Waals surface area contributed by atoms with Gasteiger partial charge in [0.05, 0.1) is 12.1 Å². The zero-order valence-corrected chi connectivity index (χ0v) is 25.5. The van der Waals surface area contributed by atoms with E-state index in [1.165, 1.54) is 6.07 Å². The molecule has 0 aliphatic heterocycles. The van der Waals surface area contributed by atoms with E-state index in [1.807, 2.05) is 69.3 Å². The quantitative estimate of drug-likeness (QED) is 0.139. The van der Waals surface area contributed by atoms with E-state index in [4.69, 9.17) is 14.2 Å². The number of amides is 1. The number of ether oxygens (including phenoxy) is 3. The number of nitrogens with one attached hydrogen (secondary N) is 1. The van der Waals surface area contributed by atoms with Crippen molar-refractivity contribution in [3.8, 4) is 11.5 Å². The summed E-state index contributed by atoms with van der Waals surface area (Å²) in [5.74, 6) is 0.422. The number of aromatic amines is 1. The van der Waals surface area contributed by atoms with Gasteiger partial charge in [-0.15, -0.1) is 0 Å². The second-order valence-corrected chi connectivity index (χ2v) is 11.5. The lowest BCUT2D eigenvalue weighted by atomic mass is 10.0. The fourth-order valence-corrected chi connectivity index (χ4v) is 4.68. The summed E-state index contributed by atoms with van der Waals surface area (Å²) in [7, 11) is 0.